The first-order valence-electron chi connectivity index (χ1n) is 6.40. The average Bonchev–Trinajstić information content (AvgIpc) is 2.88. The van der Waals surface area contributed by atoms with Gasteiger partial charge in [-0.25, -0.2) is 0 Å². The Morgan fingerprint density at radius 2 is 2.24 bits per heavy atom. The van der Waals surface area contributed by atoms with Crippen molar-refractivity contribution in [2.24, 2.45) is 0 Å². The number of anilines is 1. The Kier molecular flexibility index (Phi) is 5.29. The lowest BCUT2D eigenvalue weighted by Crippen LogP contribution is -2.28. The summed E-state index contributed by atoms with van der Waals surface area (Å²) < 4.78 is 5.73. The van der Waals surface area contributed by atoms with Gasteiger partial charge >= 0.3 is 0 Å². The number of hydrogen-bond acceptors (Lipinski definition) is 4. The van der Waals surface area contributed by atoms with Gasteiger partial charge in [-0.3, -0.25) is 0 Å². The van der Waals surface area contributed by atoms with E-state index in [2.05, 4.69) is 5.32 Å². The third kappa shape index (κ3) is 4.66. The number of aliphatic hydroxyl groups excluding tert-OH is 1. The summed E-state index contributed by atoms with van der Waals surface area (Å²) in [5, 5.41) is 17.0. The molecule has 96 valence electrons. The molecule has 17 heavy (non-hydrogen) atoms. The molecule has 0 aliphatic heterocycles. The van der Waals surface area contributed by atoms with Crippen LogP contribution in [0.15, 0.2) is 16.8 Å². The van der Waals surface area contributed by atoms with Crippen LogP contribution < -0.4 is 5.32 Å². The number of aliphatic hydroxyl groups is 1. The Morgan fingerprint density at radius 3 is 2.94 bits per heavy atom. The predicted octanol–water partition coefficient (Wildman–Crippen LogP) is 2.87. The molecule has 0 radical (unpaired) electrons. The van der Waals surface area contributed by atoms with E-state index >= 15 is 0 Å². The third-order valence-electron chi connectivity index (χ3n) is 3.14. The minimum Gasteiger partial charge on any atom is -0.389 e. The third-order valence-corrected chi connectivity index (χ3v) is 3.82. The van der Waals surface area contributed by atoms with E-state index in [1.54, 1.807) is 11.3 Å². The number of nitrogens with one attached hydrogen (secondary N) is 1. The maximum Gasteiger partial charge on any atom is 0.0945 e. The molecule has 1 saturated carbocycles. The zero-order valence-corrected chi connectivity index (χ0v) is 10.9. The van der Waals surface area contributed by atoms with Crippen LogP contribution in [0.1, 0.15) is 32.1 Å². The van der Waals surface area contributed by atoms with Crippen molar-refractivity contribution in [3.63, 3.8) is 0 Å². The van der Waals surface area contributed by atoms with Crippen LogP contribution in [-0.2, 0) is 4.74 Å². The van der Waals surface area contributed by atoms with Crippen molar-refractivity contribution >= 4 is 17.0 Å². The normalized spacial score (nSPS) is 19.1. The molecule has 0 saturated heterocycles. The fraction of sp³-hybridized carbons (Fsp3) is 0.692. The largest absolute Gasteiger partial charge is 0.389 e. The average molecular weight is 255 g/mol. The molecule has 0 amide bonds. The zero-order valence-electron chi connectivity index (χ0n) is 10.1. The molecule has 2 rings (SSSR count). The van der Waals surface area contributed by atoms with Crippen LogP contribution in [0.25, 0.3) is 0 Å². The lowest BCUT2D eigenvalue weighted by atomic mass is 9.98. The molecule has 1 atom stereocenters. The van der Waals surface area contributed by atoms with Gasteiger partial charge in [-0.1, -0.05) is 19.3 Å². The van der Waals surface area contributed by atoms with Crippen LogP contribution in [-0.4, -0.2) is 30.5 Å². The van der Waals surface area contributed by atoms with Gasteiger partial charge in [0.2, 0.25) is 0 Å². The molecule has 1 heterocycles. The van der Waals surface area contributed by atoms with E-state index in [1.165, 1.54) is 19.3 Å². The fourth-order valence-electron chi connectivity index (χ4n) is 2.14. The van der Waals surface area contributed by atoms with Crippen LogP contribution >= 0.6 is 11.3 Å². The van der Waals surface area contributed by atoms with Crippen molar-refractivity contribution in [1.82, 2.24) is 0 Å². The highest BCUT2D eigenvalue weighted by molar-refractivity contribution is 7.08. The Bertz CT molecular complexity index is 296. The number of ether oxygens (including phenoxy) is 1. The maximum absolute atomic E-state index is 9.79. The van der Waals surface area contributed by atoms with Crippen molar-refractivity contribution in [2.75, 3.05) is 18.5 Å². The summed E-state index contributed by atoms with van der Waals surface area (Å²) in [5.41, 5.74) is 1.08. The Hall–Kier alpha value is -0.580. The Morgan fingerprint density at radius 1 is 1.41 bits per heavy atom. The molecule has 1 unspecified atom stereocenters. The van der Waals surface area contributed by atoms with E-state index in [-0.39, 0.29) is 0 Å². The molecule has 1 fully saturated rings. The van der Waals surface area contributed by atoms with E-state index in [1.807, 2.05) is 16.8 Å². The molecule has 1 aliphatic rings. The van der Waals surface area contributed by atoms with Crippen LogP contribution in [0.5, 0.6) is 0 Å². The van der Waals surface area contributed by atoms with Crippen molar-refractivity contribution in [3.05, 3.63) is 16.8 Å². The zero-order chi connectivity index (χ0) is 11.9. The van der Waals surface area contributed by atoms with Crippen LogP contribution in [0, 0.1) is 0 Å². The molecule has 1 aromatic rings. The smallest absolute Gasteiger partial charge is 0.0945 e. The van der Waals surface area contributed by atoms with Gasteiger partial charge < -0.3 is 15.2 Å². The molecule has 1 aliphatic carbocycles. The first-order valence-corrected chi connectivity index (χ1v) is 7.34. The molecule has 4 heteroatoms. The van der Waals surface area contributed by atoms with E-state index in [9.17, 15) is 5.11 Å². The second kappa shape index (κ2) is 6.99. The van der Waals surface area contributed by atoms with E-state index in [0.717, 1.165) is 18.5 Å². The van der Waals surface area contributed by atoms with Crippen molar-refractivity contribution in [3.8, 4) is 0 Å². The summed E-state index contributed by atoms with van der Waals surface area (Å²) in [6.07, 6.45) is 6.15. The molecule has 1 aromatic heterocycles. The van der Waals surface area contributed by atoms with E-state index < -0.39 is 6.10 Å². The fourth-order valence-corrected chi connectivity index (χ4v) is 2.75. The SMILES string of the molecule is OC(CNc1ccsc1)COC1CCCCC1. The van der Waals surface area contributed by atoms with Crippen LogP contribution in [0.3, 0.4) is 0 Å². The van der Waals surface area contributed by atoms with Crippen molar-refractivity contribution in [2.45, 2.75) is 44.3 Å². The summed E-state index contributed by atoms with van der Waals surface area (Å²) in [4.78, 5) is 0. The maximum atomic E-state index is 9.79. The molecule has 0 spiro atoms. The number of thiophene rings is 1. The lowest BCUT2D eigenvalue weighted by Gasteiger charge is -2.23. The van der Waals surface area contributed by atoms with Crippen LogP contribution in [0.4, 0.5) is 5.69 Å². The quantitative estimate of drug-likeness (QED) is 0.821. The minimum absolute atomic E-state index is 0.375. The predicted molar refractivity (Wildman–Crippen MR) is 71.6 cm³/mol. The molecule has 0 aromatic carbocycles. The van der Waals surface area contributed by atoms with E-state index in [0.29, 0.717) is 19.3 Å². The van der Waals surface area contributed by atoms with Crippen molar-refractivity contribution < 1.29 is 9.84 Å². The van der Waals surface area contributed by atoms with Gasteiger partial charge in [0.1, 0.15) is 0 Å². The number of rotatable bonds is 6. The molecular formula is C13H21NO2S. The topological polar surface area (TPSA) is 41.5 Å². The summed E-state index contributed by atoms with van der Waals surface area (Å²) in [7, 11) is 0. The van der Waals surface area contributed by atoms with Gasteiger partial charge in [0, 0.05) is 17.6 Å². The highest BCUT2D eigenvalue weighted by Crippen LogP contribution is 2.20. The summed E-state index contributed by atoms with van der Waals surface area (Å²) in [5.74, 6) is 0. The van der Waals surface area contributed by atoms with Crippen LogP contribution in [0.2, 0.25) is 0 Å². The summed E-state index contributed by atoms with van der Waals surface area (Å²) >= 11 is 1.65. The van der Waals surface area contributed by atoms with Gasteiger partial charge in [0.05, 0.1) is 18.8 Å². The summed E-state index contributed by atoms with van der Waals surface area (Å²) in [6.45, 7) is 1.01. The van der Waals surface area contributed by atoms with Crippen molar-refractivity contribution in [1.29, 1.82) is 0 Å². The van der Waals surface area contributed by atoms with E-state index in [4.69, 9.17) is 4.74 Å². The van der Waals surface area contributed by atoms with Gasteiger partial charge in [-0.2, -0.15) is 11.3 Å². The highest BCUT2D eigenvalue weighted by atomic mass is 32.1. The molecule has 2 N–H and O–H groups in total. The standard InChI is InChI=1S/C13H21NO2S/c15-12(8-14-11-6-7-17-10-11)9-16-13-4-2-1-3-5-13/h6-7,10,12-15H,1-5,8-9H2. The molecular weight excluding hydrogens is 234 g/mol. The van der Waals surface area contributed by atoms with Gasteiger partial charge in [-0.15, -0.1) is 0 Å². The minimum atomic E-state index is -0.420. The number of hydrogen-bond donors (Lipinski definition) is 2. The first-order chi connectivity index (χ1) is 8.34. The molecule has 3 nitrogen and oxygen atoms in total. The molecule has 0 bridgehead atoms. The van der Waals surface area contributed by atoms with Gasteiger partial charge in [0.25, 0.3) is 0 Å². The highest BCUT2D eigenvalue weighted by Gasteiger charge is 2.15. The lowest BCUT2D eigenvalue weighted by molar-refractivity contribution is -0.0195. The second-order valence-corrected chi connectivity index (χ2v) is 5.42. The Labute approximate surface area is 107 Å². The van der Waals surface area contributed by atoms with Gasteiger partial charge in [0.15, 0.2) is 0 Å². The Balaban J connectivity index is 1.58. The first kappa shape index (κ1) is 12.9. The summed E-state index contributed by atoms with van der Waals surface area (Å²) in [6, 6.07) is 2.01. The van der Waals surface area contributed by atoms with Gasteiger partial charge in [-0.05, 0) is 24.3 Å². The monoisotopic (exact) mass is 255 g/mol. The second-order valence-electron chi connectivity index (χ2n) is 4.64.